The molecular formula is C10H15F3N2O. The van der Waals surface area contributed by atoms with Crippen molar-refractivity contribution in [3.8, 4) is 0 Å². The van der Waals surface area contributed by atoms with Gasteiger partial charge < -0.3 is 10.2 Å². The van der Waals surface area contributed by atoms with E-state index in [2.05, 4.69) is 5.32 Å². The molecule has 6 heteroatoms. The predicted molar refractivity (Wildman–Crippen MR) is 51.7 cm³/mol. The van der Waals surface area contributed by atoms with Gasteiger partial charge in [-0.15, -0.1) is 0 Å². The summed E-state index contributed by atoms with van der Waals surface area (Å²) >= 11 is 0. The van der Waals surface area contributed by atoms with Crippen LogP contribution in [-0.4, -0.2) is 43.2 Å². The number of halogens is 3. The van der Waals surface area contributed by atoms with E-state index in [1.807, 2.05) is 0 Å². The fraction of sp³-hybridized carbons (Fsp3) is 0.900. The van der Waals surface area contributed by atoms with Crippen LogP contribution >= 0.6 is 0 Å². The maximum absolute atomic E-state index is 12.5. The highest BCUT2D eigenvalue weighted by atomic mass is 19.4. The topological polar surface area (TPSA) is 32.3 Å². The molecule has 0 bridgehead atoms. The Morgan fingerprint density at radius 1 is 1.31 bits per heavy atom. The van der Waals surface area contributed by atoms with E-state index in [9.17, 15) is 18.0 Å². The molecule has 0 saturated carbocycles. The summed E-state index contributed by atoms with van der Waals surface area (Å²) in [4.78, 5) is 13.2. The average Bonchev–Trinajstić information content (AvgIpc) is 2.14. The van der Waals surface area contributed by atoms with Gasteiger partial charge in [0, 0.05) is 26.2 Å². The van der Waals surface area contributed by atoms with Crippen LogP contribution in [0.15, 0.2) is 0 Å². The number of nitrogens with zero attached hydrogens (tertiary/aromatic N) is 1. The third kappa shape index (κ3) is 2.31. The van der Waals surface area contributed by atoms with E-state index in [0.717, 1.165) is 0 Å². The van der Waals surface area contributed by atoms with Crippen molar-refractivity contribution >= 4 is 5.91 Å². The van der Waals surface area contributed by atoms with Gasteiger partial charge in [0.25, 0.3) is 0 Å². The Morgan fingerprint density at radius 2 is 2.00 bits per heavy atom. The van der Waals surface area contributed by atoms with Crippen LogP contribution < -0.4 is 5.32 Å². The van der Waals surface area contributed by atoms with Crippen LogP contribution in [0.5, 0.6) is 0 Å². The highest BCUT2D eigenvalue weighted by molar-refractivity contribution is 5.80. The average molecular weight is 236 g/mol. The maximum atomic E-state index is 12.5. The Kier molecular flexibility index (Phi) is 3.10. The first-order valence-corrected chi connectivity index (χ1v) is 5.54. The van der Waals surface area contributed by atoms with E-state index >= 15 is 0 Å². The number of likely N-dealkylation sites (tertiary alicyclic amines) is 1. The number of nitrogens with one attached hydrogen (secondary N) is 1. The van der Waals surface area contributed by atoms with Gasteiger partial charge in [-0.1, -0.05) is 0 Å². The molecule has 1 atom stereocenters. The van der Waals surface area contributed by atoms with Gasteiger partial charge in [-0.3, -0.25) is 4.79 Å². The van der Waals surface area contributed by atoms with Crippen molar-refractivity contribution in [3.63, 3.8) is 0 Å². The second kappa shape index (κ2) is 4.24. The molecule has 0 spiro atoms. The van der Waals surface area contributed by atoms with E-state index in [1.54, 1.807) is 0 Å². The molecule has 1 amide bonds. The highest BCUT2D eigenvalue weighted by Gasteiger charge is 2.43. The standard InChI is InChI=1S/C10H15F3N2O/c11-10(12,13)8-2-1-3-15(6-8)9(16)7-4-14-5-7/h7-8,14H,1-6H2/t8-/m1/s1. The number of piperidine rings is 1. The molecule has 0 radical (unpaired) electrons. The maximum Gasteiger partial charge on any atom is 0.393 e. The van der Waals surface area contributed by atoms with E-state index in [1.165, 1.54) is 4.90 Å². The van der Waals surface area contributed by atoms with Crippen LogP contribution in [-0.2, 0) is 4.79 Å². The van der Waals surface area contributed by atoms with Gasteiger partial charge in [0.1, 0.15) is 0 Å². The zero-order chi connectivity index (χ0) is 11.8. The van der Waals surface area contributed by atoms with E-state index < -0.39 is 12.1 Å². The molecule has 2 aliphatic rings. The monoisotopic (exact) mass is 236 g/mol. The minimum atomic E-state index is -4.17. The summed E-state index contributed by atoms with van der Waals surface area (Å²) in [7, 11) is 0. The molecule has 2 saturated heterocycles. The lowest BCUT2D eigenvalue weighted by Gasteiger charge is -2.38. The van der Waals surface area contributed by atoms with Crippen LogP contribution in [0.2, 0.25) is 0 Å². The Morgan fingerprint density at radius 3 is 2.50 bits per heavy atom. The molecule has 1 N–H and O–H groups in total. The van der Waals surface area contributed by atoms with Crippen LogP contribution in [0, 0.1) is 11.8 Å². The first kappa shape index (κ1) is 11.7. The molecule has 0 unspecified atom stereocenters. The first-order valence-electron chi connectivity index (χ1n) is 5.54. The highest BCUT2D eigenvalue weighted by Crippen LogP contribution is 2.33. The van der Waals surface area contributed by atoms with E-state index in [0.29, 0.717) is 26.1 Å². The Bertz CT molecular complexity index is 276. The number of carbonyl (C=O) groups is 1. The minimum absolute atomic E-state index is 0.105. The normalized spacial score (nSPS) is 27.7. The minimum Gasteiger partial charge on any atom is -0.342 e. The van der Waals surface area contributed by atoms with Gasteiger partial charge in [-0.2, -0.15) is 13.2 Å². The van der Waals surface area contributed by atoms with Crippen LogP contribution in [0.1, 0.15) is 12.8 Å². The van der Waals surface area contributed by atoms with Gasteiger partial charge in [0.2, 0.25) is 5.91 Å². The third-order valence-corrected chi connectivity index (χ3v) is 3.33. The SMILES string of the molecule is O=C(C1CNC1)N1CCC[C@@H](C(F)(F)F)C1. The summed E-state index contributed by atoms with van der Waals surface area (Å²) in [6, 6.07) is 0. The lowest BCUT2D eigenvalue weighted by atomic mass is 9.94. The van der Waals surface area contributed by atoms with Gasteiger partial charge >= 0.3 is 6.18 Å². The molecule has 2 aliphatic heterocycles. The summed E-state index contributed by atoms with van der Waals surface area (Å²) in [6.07, 6.45) is -3.57. The summed E-state index contributed by atoms with van der Waals surface area (Å²) in [5.74, 6) is -1.56. The molecule has 16 heavy (non-hydrogen) atoms. The fourth-order valence-corrected chi connectivity index (χ4v) is 2.17. The molecule has 0 aromatic carbocycles. The molecule has 0 aromatic heterocycles. The molecule has 0 aromatic rings. The zero-order valence-electron chi connectivity index (χ0n) is 8.89. The quantitative estimate of drug-likeness (QED) is 0.737. The van der Waals surface area contributed by atoms with Crippen molar-refractivity contribution in [1.29, 1.82) is 0 Å². The molecule has 2 heterocycles. The van der Waals surface area contributed by atoms with Crippen molar-refractivity contribution in [2.75, 3.05) is 26.2 Å². The second-order valence-electron chi connectivity index (χ2n) is 4.52. The number of rotatable bonds is 1. The van der Waals surface area contributed by atoms with Crippen LogP contribution in [0.25, 0.3) is 0 Å². The summed E-state index contributed by atoms with van der Waals surface area (Å²) in [6.45, 7) is 1.53. The molecular weight excluding hydrogens is 221 g/mol. The molecule has 3 nitrogen and oxygen atoms in total. The van der Waals surface area contributed by atoms with Crippen LogP contribution in [0.4, 0.5) is 13.2 Å². The molecule has 2 rings (SSSR count). The van der Waals surface area contributed by atoms with Crippen molar-refractivity contribution in [2.45, 2.75) is 19.0 Å². The number of alkyl halides is 3. The largest absolute Gasteiger partial charge is 0.393 e. The number of amides is 1. The van der Waals surface area contributed by atoms with Crippen molar-refractivity contribution in [2.24, 2.45) is 11.8 Å². The van der Waals surface area contributed by atoms with Gasteiger partial charge in [0.15, 0.2) is 0 Å². The predicted octanol–water partition coefficient (Wildman–Crippen LogP) is 1.01. The molecule has 0 aliphatic carbocycles. The van der Waals surface area contributed by atoms with Gasteiger partial charge in [-0.25, -0.2) is 0 Å². The summed E-state index contributed by atoms with van der Waals surface area (Å²) < 4.78 is 37.6. The zero-order valence-corrected chi connectivity index (χ0v) is 8.89. The third-order valence-electron chi connectivity index (χ3n) is 3.33. The van der Waals surface area contributed by atoms with Gasteiger partial charge in [-0.05, 0) is 12.8 Å². The Balaban J connectivity index is 1.93. The number of carbonyl (C=O) groups excluding carboxylic acids is 1. The lowest BCUT2D eigenvalue weighted by Crippen LogP contribution is -2.54. The second-order valence-corrected chi connectivity index (χ2v) is 4.52. The Labute approximate surface area is 92.0 Å². The van der Waals surface area contributed by atoms with Crippen molar-refractivity contribution in [3.05, 3.63) is 0 Å². The molecule has 92 valence electrons. The van der Waals surface area contributed by atoms with Crippen molar-refractivity contribution in [1.82, 2.24) is 10.2 Å². The van der Waals surface area contributed by atoms with Crippen molar-refractivity contribution < 1.29 is 18.0 Å². The number of hydrogen-bond donors (Lipinski definition) is 1. The first-order chi connectivity index (χ1) is 7.48. The number of hydrogen-bond acceptors (Lipinski definition) is 2. The lowest BCUT2D eigenvalue weighted by molar-refractivity contribution is -0.189. The summed E-state index contributed by atoms with van der Waals surface area (Å²) in [5.41, 5.74) is 0. The summed E-state index contributed by atoms with van der Waals surface area (Å²) in [5, 5.41) is 2.95. The van der Waals surface area contributed by atoms with E-state index in [4.69, 9.17) is 0 Å². The Hall–Kier alpha value is -0.780. The van der Waals surface area contributed by atoms with Gasteiger partial charge in [0.05, 0.1) is 11.8 Å². The fourth-order valence-electron chi connectivity index (χ4n) is 2.17. The molecule has 2 fully saturated rings. The smallest absolute Gasteiger partial charge is 0.342 e. The van der Waals surface area contributed by atoms with Crippen LogP contribution in [0.3, 0.4) is 0 Å². The van der Waals surface area contributed by atoms with E-state index in [-0.39, 0.29) is 24.8 Å².